The van der Waals surface area contributed by atoms with Gasteiger partial charge in [-0.05, 0) is 51.5 Å². The predicted molar refractivity (Wildman–Crippen MR) is 159 cm³/mol. The molecule has 0 spiro atoms. The molecule has 3 heterocycles. The topological polar surface area (TPSA) is 91.7 Å². The van der Waals surface area contributed by atoms with Crippen LogP contribution in [0.1, 0.15) is 53.9 Å². The Morgan fingerprint density at radius 2 is 1.80 bits per heavy atom. The molecule has 0 amide bonds. The van der Waals surface area contributed by atoms with E-state index in [1.807, 2.05) is 39.8 Å². The van der Waals surface area contributed by atoms with E-state index in [0.29, 0.717) is 43.2 Å². The Kier molecular flexibility index (Phi) is 9.03. The van der Waals surface area contributed by atoms with Crippen molar-refractivity contribution >= 4 is 23.0 Å². The third-order valence-electron chi connectivity index (χ3n) is 7.86. The smallest absolute Gasteiger partial charge is 0.419 e. The average molecular weight is 616 g/mol. The van der Waals surface area contributed by atoms with Gasteiger partial charge in [0.15, 0.2) is 11.5 Å². The number of nitrogens with zero attached hydrogens (tertiary/aromatic N) is 3. The number of aryl methyl sites for hydroxylation is 1. The van der Waals surface area contributed by atoms with Crippen molar-refractivity contribution < 1.29 is 42.1 Å². The third kappa shape index (κ3) is 6.32. The predicted octanol–water partition coefficient (Wildman–Crippen LogP) is 5.42. The number of alkyl halides is 2. The molecule has 3 aromatic rings. The van der Waals surface area contributed by atoms with Crippen molar-refractivity contribution in [3.63, 3.8) is 0 Å². The molecule has 2 aliphatic rings. The summed E-state index contributed by atoms with van der Waals surface area (Å²) >= 11 is 0. The lowest BCUT2D eigenvalue weighted by Crippen LogP contribution is -2.49. The molecule has 44 heavy (non-hydrogen) atoms. The molecule has 1 atom stereocenters. The van der Waals surface area contributed by atoms with Crippen molar-refractivity contribution in [2.24, 2.45) is 0 Å². The van der Waals surface area contributed by atoms with Gasteiger partial charge in [-0.3, -0.25) is 14.4 Å². The summed E-state index contributed by atoms with van der Waals surface area (Å²) in [6, 6.07) is 6.79. The first-order valence-corrected chi connectivity index (χ1v) is 14.6. The molecule has 5 rings (SSSR count). The average Bonchev–Trinajstić information content (AvgIpc) is 3.43. The van der Waals surface area contributed by atoms with Gasteiger partial charge in [0.2, 0.25) is 0 Å². The number of esters is 1. The standard InChI is InChI=1S/C32H39F2N3O7/c1-19-15-25(40-5)23(20-9-10-37(27(19)20)31(39)44-32(2,3)4)16-36-12-11-35(18-26(33)34)17-24(36)21-7-8-22(30(38)41-6)29-28(21)42-13-14-43-29/h7-10,15,24,26H,11-14,16-18H2,1-6H3/t24-/m1/s1. The SMILES string of the molecule is COC(=O)c1ccc([C@H]2CN(CC(F)F)CCN2Cc2c(OC)cc(C)c3c2ccn3C(=O)OC(C)(C)C)c2c1OCCO2. The molecule has 10 nitrogen and oxygen atoms in total. The summed E-state index contributed by atoms with van der Waals surface area (Å²) in [6.07, 6.45) is -1.28. The van der Waals surface area contributed by atoms with Crippen LogP contribution in [-0.2, 0) is 16.0 Å². The van der Waals surface area contributed by atoms with Crippen LogP contribution in [0.25, 0.3) is 10.9 Å². The molecule has 0 radical (unpaired) electrons. The van der Waals surface area contributed by atoms with Gasteiger partial charge < -0.3 is 23.7 Å². The van der Waals surface area contributed by atoms with Gasteiger partial charge in [-0.1, -0.05) is 6.07 Å². The highest BCUT2D eigenvalue weighted by Crippen LogP contribution is 2.44. The molecule has 12 heteroatoms. The van der Waals surface area contributed by atoms with Crippen LogP contribution in [0.3, 0.4) is 0 Å². The molecule has 0 saturated carbocycles. The number of hydrogen-bond donors (Lipinski definition) is 0. The molecule has 0 aliphatic carbocycles. The molecule has 1 aromatic heterocycles. The van der Waals surface area contributed by atoms with E-state index >= 15 is 0 Å². The zero-order chi connectivity index (χ0) is 31.8. The molecule has 0 N–H and O–H groups in total. The minimum absolute atomic E-state index is 0.239. The monoisotopic (exact) mass is 615 g/mol. The Hall–Kier alpha value is -3.90. The fourth-order valence-corrected chi connectivity index (χ4v) is 5.99. The molecular weight excluding hydrogens is 576 g/mol. The van der Waals surface area contributed by atoms with Crippen molar-refractivity contribution in [2.45, 2.75) is 52.3 Å². The van der Waals surface area contributed by atoms with Crippen LogP contribution in [0.5, 0.6) is 17.2 Å². The van der Waals surface area contributed by atoms with Crippen molar-refractivity contribution in [3.05, 3.63) is 52.7 Å². The number of halogens is 2. The number of aromatic nitrogens is 1. The van der Waals surface area contributed by atoms with Crippen molar-refractivity contribution in [1.29, 1.82) is 0 Å². The van der Waals surface area contributed by atoms with Gasteiger partial charge in [0.05, 0.1) is 32.3 Å². The second-order valence-electron chi connectivity index (χ2n) is 12.0. The zero-order valence-corrected chi connectivity index (χ0v) is 25.9. The van der Waals surface area contributed by atoms with Crippen molar-refractivity contribution in [2.75, 3.05) is 53.6 Å². The van der Waals surface area contributed by atoms with Crippen LogP contribution < -0.4 is 14.2 Å². The van der Waals surface area contributed by atoms with E-state index in [1.54, 1.807) is 30.3 Å². The minimum atomic E-state index is -2.48. The second-order valence-corrected chi connectivity index (χ2v) is 12.0. The first kappa shape index (κ1) is 31.5. The number of rotatable bonds is 7. The van der Waals surface area contributed by atoms with E-state index in [-0.39, 0.29) is 31.1 Å². The maximum absolute atomic E-state index is 13.5. The number of hydrogen-bond acceptors (Lipinski definition) is 9. The van der Waals surface area contributed by atoms with E-state index in [0.717, 1.165) is 22.1 Å². The maximum Gasteiger partial charge on any atom is 0.419 e. The van der Waals surface area contributed by atoms with Gasteiger partial charge >= 0.3 is 12.1 Å². The summed E-state index contributed by atoms with van der Waals surface area (Å²) < 4.78 is 56.9. The van der Waals surface area contributed by atoms with E-state index in [9.17, 15) is 18.4 Å². The highest BCUT2D eigenvalue weighted by atomic mass is 19.3. The number of carbonyl (C=O) groups excluding carboxylic acids is 2. The van der Waals surface area contributed by atoms with Gasteiger partial charge in [-0.25, -0.2) is 18.4 Å². The molecule has 1 fully saturated rings. The molecule has 1 saturated heterocycles. The van der Waals surface area contributed by atoms with Gasteiger partial charge in [-0.2, -0.15) is 0 Å². The normalized spacial score (nSPS) is 17.6. The van der Waals surface area contributed by atoms with Crippen LogP contribution in [-0.4, -0.2) is 92.1 Å². The zero-order valence-electron chi connectivity index (χ0n) is 25.9. The van der Waals surface area contributed by atoms with E-state index in [2.05, 4.69) is 4.90 Å². The highest BCUT2D eigenvalue weighted by Gasteiger charge is 2.36. The third-order valence-corrected chi connectivity index (χ3v) is 7.86. The quantitative estimate of drug-likeness (QED) is 0.323. The van der Waals surface area contributed by atoms with E-state index < -0.39 is 30.1 Å². The first-order chi connectivity index (χ1) is 20.9. The van der Waals surface area contributed by atoms with Gasteiger partial charge in [-0.15, -0.1) is 0 Å². The van der Waals surface area contributed by atoms with Gasteiger partial charge in [0.25, 0.3) is 6.43 Å². The van der Waals surface area contributed by atoms with E-state index in [1.165, 1.54) is 11.7 Å². The Bertz CT molecular complexity index is 1550. The molecule has 0 unspecified atom stereocenters. The highest BCUT2D eigenvalue weighted by molar-refractivity contribution is 5.95. The first-order valence-electron chi connectivity index (χ1n) is 14.6. The number of fused-ring (bicyclic) bond motifs is 2. The number of ether oxygens (including phenoxy) is 5. The fraction of sp³-hybridized carbons (Fsp3) is 0.500. The van der Waals surface area contributed by atoms with Gasteiger partial charge in [0, 0.05) is 48.9 Å². The number of piperazine rings is 1. The number of carbonyl (C=O) groups is 2. The second kappa shape index (κ2) is 12.6. The van der Waals surface area contributed by atoms with Gasteiger partial charge in [0.1, 0.15) is 30.1 Å². The minimum Gasteiger partial charge on any atom is -0.496 e. The lowest BCUT2D eigenvalue weighted by molar-refractivity contribution is 0.0230. The van der Waals surface area contributed by atoms with Crippen LogP contribution >= 0.6 is 0 Å². The molecular formula is C32H39F2N3O7. The van der Waals surface area contributed by atoms with Crippen molar-refractivity contribution in [1.82, 2.24) is 14.4 Å². The molecule has 238 valence electrons. The molecule has 2 aliphatic heterocycles. The van der Waals surface area contributed by atoms with Crippen LogP contribution in [0.2, 0.25) is 0 Å². The van der Waals surface area contributed by atoms with Crippen LogP contribution in [0.4, 0.5) is 13.6 Å². The summed E-state index contributed by atoms with van der Waals surface area (Å²) in [7, 11) is 2.89. The summed E-state index contributed by atoms with van der Waals surface area (Å²) in [5.41, 5.74) is 2.69. The maximum atomic E-state index is 13.5. The summed E-state index contributed by atoms with van der Waals surface area (Å²) in [4.78, 5) is 29.5. The Labute approximate surface area is 255 Å². The largest absolute Gasteiger partial charge is 0.496 e. The van der Waals surface area contributed by atoms with E-state index in [4.69, 9.17) is 23.7 Å². The number of benzene rings is 2. The Morgan fingerprint density at radius 3 is 2.45 bits per heavy atom. The summed E-state index contributed by atoms with van der Waals surface area (Å²) in [5.74, 6) is 0.786. The lowest BCUT2D eigenvalue weighted by atomic mass is 9.96. The fourth-order valence-electron chi connectivity index (χ4n) is 5.99. The van der Waals surface area contributed by atoms with Crippen molar-refractivity contribution in [3.8, 4) is 17.2 Å². The summed E-state index contributed by atoms with van der Waals surface area (Å²) in [5, 5.41) is 0.823. The Morgan fingerprint density at radius 1 is 1.07 bits per heavy atom. The number of methoxy groups -OCH3 is 2. The molecule has 2 aromatic carbocycles. The van der Waals surface area contributed by atoms with Crippen LogP contribution in [0, 0.1) is 6.92 Å². The molecule has 0 bridgehead atoms. The lowest BCUT2D eigenvalue weighted by Gasteiger charge is -2.42. The Balaban J connectivity index is 1.58. The summed E-state index contributed by atoms with van der Waals surface area (Å²) in [6.45, 7) is 9.13. The van der Waals surface area contributed by atoms with Crippen LogP contribution in [0.15, 0.2) is 30.5 Å².